The Bertz CT molecular complexity index is 1170. The molecule has 1 fully saturated rings. The lowest BCUT2D eigenvalue weighted by molar-refractivity contribution is 0.0913. The number of anilines is 1. The minimum absolute atomic E-state index is 0.165. The predicted molar refractivity (Wildman–Crippen MR) is 101 cm³/mol. The van der Waals surface area contributed by atoms with Crippen molar-refractivity contribution in [3.8, 4) is 5.88 Å². The number of carbonyl (C=O) groups is 1. The first kappa shape index (κ1) is 16.7. The van der Waals surface area contributed by atoms with E-state index in [1.54, 1.807) is 10.7 Å². The number of hydrogen-bond donors (Lipinski definition) is 1. The first-order valence-corrected chi connectivity index (χ1v) is 9.75. The molecule has 1 spiro atoms. The number of rotatable bonds is 0. The second kappa shape index (κ2) is 5.65. The SMILES string of the molecule is C[C@@H]1Cc2cn3ncc4c3nc2N1Cc1cc(F)cnc1OCC1(CC1)NC4=O. The molecule has 5 heterocycles. The number of ether oxygens (including phenoxy) is 1. The summed E-state index contributed by atoms with van der Waals surface area (Å²) in [4.78, 5) is 24.0. The van der Waals surface area contributed by atoms with Crippen molar-refractivity contribution in [2.45, 2.75) is 44.3 Å². The predicted octanol–water partition coefficient (Wildman–Crippen LogP) is 1.87. The summed E-state index contributed by atoms with van der Waals surface area (Å²) in [6.45, 7) is 2.82. The van der Waals surface area contributed by atoms with Crippen LogP contribution in [0.1, 0.15) is 41.3 Å². The molecule has 0 saturated heterocycles. The first-order chi connectivity index (χ1) is 14.0. The summed E-state index contributed by atoms with van der Waals surface area (Å²) in [5.41, 5.74) is 2.25. The van der Waals surface area contributed by atoms with Gasteiger partial charge in [0.15, 0.2) is 5.65 Å². The molecule has 29 heavy (non-hydrogen) atoms. The second-order valence-corrected chi connectivity index (χ2v) is 8.24. The lowest BCUT2D eigenvalue weighted by Gasteiger charge is -2.25. The number of carbonyl (C=O) groups excluding carboxylic acids is 1. The Morgan fingerprint density at radius 3 is 3.00 bits per heavy atom. The van der Waals surface area contributed by atoms with Gasteiger partial charge in [-0.25, -0.2) is 18.9 Å². The van der Waals surface area contributed by atoms with Gasteiger partial charge in [0, 0.05) is 23.4 Å². The Balaban J connectivity index is 1.54. The van der Waals surface area contributed by atoms with Gasteiger partial charge in [-0.2, -0.15) is 5.10 Å². The number of pyridine rings is 1. The van der Waals surface area contributed by atoms with Crippen LogP contribution in [0.2, 0.25) is 0 Å². The first-order valence-electron chi connectivity index (χ1n) is 9.75. The van der Waals surface area contributed by atoms with Crippen LogP contribution in [0.25, 0.3) is 5.65 Å². The van der Waals surface area contributed by atoms with E-state index < -0.39 is 11.4 Å². The largest absolute Gasteiger partial charge is 0.475 e. The molecular weight excluding hydrogens is 375 g/mol. The number of fused-ring (bicyclic) bond motifs is 1. The number of nitrogens with one attached hydrogen (secondary N) is 1. The topological polar surface area (TPSA) is 84.7 Å². The summed E-state index contributed by atoms with van der Waals surface area (Å²) in [7, 11) is 0. The molecule has 0 unspecified atom stereocenters. The lowest BCUT2D eigenvalue weighted by atomic mass is 10.2. The van der Waals surface area contributed by atoms with Crippen molar-refractivity contribution in [3.05, 3.63) is 47.2 Å². The molecule has 1 atom stereocenters. The highest BCUT2D eigenvalue weighted by Crippen LogP contribution is 2.38. The van der Waals surface area contributed by atoms with Crippen molar-refractivity contribution in [3.63, 3.8) is 0 Å². The fourth-order valence-corrected chi connectivity index (χ4v) is 4.23. The highest BCUT2D eigenvalue weighted by atomic mass is 19.1. The van der Waals surface area contributed by atoms with Crippen molar-refractivity contribution in [2.75, 3.05) is 11.5 Å². The van der Waals surface area contributed by atoms with E-state index in [9.17, 15) is 9.18 Å². The summed E-state index contributed by atoms with van der Waals surface area (Å²) in [5.74, 6) is 0.573. The molecule has 9 heteroatoms. The van der Waals surface area contributed by atoms with E-state index in [4.69, 9.17) is 9.72 Å². The lowest BCUT2D eigenvalue weighted by Crippen LogP contribution is -2.41. The molecule has 0 aromatic carbocycles. The molecule has 8 nitrogen and oxygen atoms in total. The van der Waals surface area contributed by atoms with E-state index in [1.165, 1.54) is 6.07 Å². The van der Waals surface area contributed by atoms with Crippen LogP contribution < -0.4 is 15.0 Å². The van der Waals surface area contributed by atoms with E-state index in [2.05, 4.69) is 27.2 Å². The van der Waals surface area contributed by atoms with Crippen LogP contribution in [-0.2, 0) is 13.0 Å². The van der Waals surface area contributed by atoms with Gasteiger partial charge < -0.3 is 15.0 Å². The van der Waals surface area contributed by atoms with Crippen molar-refractivity contribution in [1.29, 1.82) is 0 Å². The summed E-state index contributed by atoms with van der Waals surface area (Å²) in [5, 5.41) is 7.42. The van der Waals surface area contributed by atoms with Gasteiger partial charge in [-0.05, 0) is 32.3 Å². The van der Waals surface area contributed by atoms with Gasteiger partial charge in [0.2, 0.25) is 5.88 Å². The fourth-order valence-electron chi connectivity index (χ4n) is 4.23. The zero-order chi connectivity index (χ0) is 19.8. The van der Waals surface area contributed by atoms with Crippen molar-refractivity contribution in [1.82, 2.24) is 24.9 Å². The zero-order valence-corrected chi connectivity index (χ0v) is 15.9. The Kier molecular flexibility index (Phi) is 3.25. The van der Waals surface area contributed by atoms with Crippen LogP contribution >= 0.6 is 0 Å². The molecule has 2 aliphatic heterocycles. The highest BCUT2D eigenvalue weighted by molar-refractivity contribution is 6.00. The maximum absolute atomic E-state index is 14.0. The third-order valence-electron chi connectivity index (χ3n) is 6.06. The molecule has 148 valence electrons. The van der Waals surface area contributed by atoms with Crippen LogP contribution in [-0.4, -0.2) is 43.7 Å². The second-order valence-electron chi connectivity index (χ2n) is 8.24. The molecule has 1 amide bonds. The summed E-state index contributed by atoms with van der Waals surface area (Å²) in [6, 6.07) is 1.63. The van der Waals surface area contributed by atoms with E-state index in [0.29, 0.717) is 35.8 Å². The summed E-state index contributed by atoms with van der Waals surface area (Å²) in [6.07, 6.45) is 7.08. The van der Waals surface area contributed by atoms with Crippen LogP contribution in [0.5, 0.6) is 5.88 Å². The van der Waals surface area contributed by atoms with Crippen LogP contribution in [0.15, 0.2) is 24.7 Å². The fraction of sp³-hybridized carbons (Fsp3) is 0.400. The highest BCUT2D eigenvalue weighted by Gasteiger charge is 2.46. The molecular formula is C20H19FN6O2. The van der Waals surface area contributed by atoms with Gasteiger partial charge in [0.25, 0.3) is 5.91 Å². The quantitative estimate of drug-likeness (QED) is 0.627. The van der Waals surface area contributed by atoms with Gasteiger partial charge in [0.1, 0.15) is 23.8 Å². The van der Waals surface area contributed by atoms with Crippen molar-refractivity contribution >= 4 is 17.4 Å². The smallest absolute Gasteiger partial charge is 0.257 e. The van der Waals surface area contributed by atoms with Crippen LogP contribution in [0.3, 0.4) is 0 Å². The van der Waals surface area contributed by atoms with Gasteiger partial charge in [-0.1, -0.05) is 0 Å². The third kappa shape index (κ3) is 2.56. The number of hydrogen-bond acceptors (Lipinski definition) is 6. The molecule has 6 rings (SSSR count). The number of amides is 1. The minimum Gasteiger partial charge on any atom is -0.475 e. The van der Waals surface area contributed by atoms with E-state index in [1.807, 2.05) is 6.20 Å². The monoisotopic (exact) mass is 394 g/mol. The third-order valence-corrected chi connectivity index (χ3v) is 6.06. The standard InChI is InChI=1S/C20H19FN6O2/c1-11-4-12-9-27-17-15(7-23-27)18(28)25-20(2-3-20)10-29-19-13(5-14(21)6-22-19)8-26(11)16(12)24-17/h5-7,9,11H,2-4,8,10H2,1H3,(H,25,28)/t11-/m1/s1. The summed E-state index contributed by atoms with van der Waals surface area (Å²) >= 11 is 0. The van der Waals surface area contributed by atoms with Crippen molar-refractivity contribution in [2.24, 2.45) is 0 Å². The van der Waals surface area contributed by atoms with Gasteiger partial charge >= 0.3 is 0 Å². The minimum atomic E-state index is -0.431. The molecule has 0 radical (unpaired) electrons. The van der Waals surface area contributed by atoms with Gasteiger partial charge in [-0.15, -0.1) is 0 Å². The van der Waals surface area contributed by atoms with Gasteiger partial charge in [0.05, 0.1) is 24.5 Å². The van der Waals surface area contributed by atoms with Crippen LogP contribution in [0.4, 0.5) is 10.2 Å². The maximum Gasteiger partial charge on any atom is 0.257 e. The molecule has 3 aromatic heterocycles. The Morgan fingerprint density at radius 2 is 2.17 bits per heavy atom. The molecule has 1 aliphatic carbocycles. The average molecular weight is 394 g/mol. The molecule has 1 N–H and O–H groups in total. The Labute approximate surface area is 165 Å². The molecule has 3 aliphatic rings. The van der Waals surface area contributed by atoms with E-state index >= 15 is 0 Å². The molecule has 2 bridgehead atoms. The normalized spacial score (nSPS) is 21.9. The Morgan fingerprint density at radius 1 is 1.31 bits per heavy atom. The number of aromatic nitrogens is 4. The average Bonchev–Trinajstić information content (AvgIpc) is 3.21. The molecule has 3 aromatic rings. The van der Waals surface area contributed by atoms with Crippen LogP contribution in [0, 0.1) is 5.82 Å². The molecule has 1 saturated carbocycles. The Hall–Kier alpha value is -3.23. The summed E-state index contributed by atoms with van der Waals surface area (Å²) < 4.78 is 21.6. The van der Waals surface area contributed by atoms with Crippen molar-refractivity contribution < 1.29 is 13.9 Å². The van der Waals surface area contributed by atoms with E-state index in [-0.39, 0.29) is 11.9 Å². The van der Waals surface area contributed by atoms with E-state index in [0.717, 1.165) is 36.8 Å². The number of nitrogens with zero attached hydrogens (tertiary/aromatic N) is 5. The number of halogens is 1. The maximum atomic E-state index is 14.0. The zero-order valence-electron chi connectivity index (χ0n) is 15.9. The van der Waals surface area contributed by atoms with Gasteiger partial charge in [-0.3, -0.25) is 4.79 Å².